The van der Waals surface area contributed by atoms with Gasteiger partial charge in [0, 0.05) is 24.9 Å². The standard InChI is InChI=1S/C12H16F3N3OS.ClH/c13-12(14,15)8-2-1-5-18(6-8)11(19)9-7-20-10(17-9)3-4-16;/h7-8H,1-6,16H2;1H. The van der Waals surface area contributed by atoms with E-state index in [0.717, 1.165) is 5.01 Å². The van der Waals surface area contributed by atoms with Crippen LogP contribution in [0.25, 0.3) is 0 Å². The van der Waals surface area contributed by atoms with Gasteiger partial charge in [0.2, 0.25) is 0 Å². The largest absolute Gasteiger partial charge is 0.393 e. The summed E-state index contributed by atoms with van der Waals surface area (Å²) in [4.78, 5) is 17.5. The second-order valence-corrected chi connectivity index (χ2v) is 5.74. The summed E-state index contributed by atoms with van der Waals surface area (Å²) < 4.78 is 38.2. The second kappa shape index (κ2) is 7.42. The van der Waals surface area contributed by atoms with Crippen molar-refractivity contribution >= 4 is 29.7 Å². The molecule has 0 saturated carbocycles. The Kier molecular flexibility index (Phi) is 6.42. The van der Waals surface area contributed by atoms with E-state index in [2.05, 4.69) is 4.98 Å². The molecule has 2 rings (SSSR count). The van der Waals surface area contributed by atoms with Crippen molar-refractivity contribution in [2.24, 2.45) is 11.7 Å². The van der Waals surface area contributed by atoms with Gasteiger partial charge in [-0.15, -0.1) is 23.7 Å². The highest BCUT2D eigenvalue weighted by Crippen LogP contribution is 2.33. The van der Waals surface area contributed by atoms with E-state index in [1.807, 2.05) is 0 Å². The van der Waals surface area contributed by atoms with Gasteiger partial charge in [-0.3, -0.25) is 4.79 Å². The first-order valence-corrected chi connectivity index (χ1v) is 7.30. The number of halogens is 4. The molecule has 4 nitrogen and oxygen atoms in total. The maximum atomic E-state index is 12.7. The maximum absolute atomic E-state index is 12.7. The normalized spacial score (nSPS) is 19.2. The Morgan fingerprint density at radius 3 is 2.86 bits per heavy atom. The zero-order valence-electron chi connectivity index (χ0n) is 11.2. The highest BCUT2D eigenvalue weighted by molar-refractivity contribution is 7.09. The number of alkyl halides is 3. The number of likely N-dealkylation sites (tertiary alicyclic amines) is 1. The number of nitrogens with zero attached hydrogens (tertiary/aromatic N) is 2. The summed E-state index contributed by atoms with van der Waals surface area (Å²) in [6.07, 6.45) is -3.21. The van der Waals surface area contributed by atoms with E-state index in [1.54, 1.807) is 5.38 Å². The Morgan fingerprint density at radius 2 is 2.24 bits per heavy atom. The number of carbonyl (C=O) groups is 1. The van der Waals surface area contributed by atoms with Crippen molar-refractivity contribution in [3.63, 3.8) is 0 Å². The van der Waals surface area contributed by atoms with E-state index in [-0.39, 0.29) is 31.1 Å². The van der Waals surface area contributed by atoms with Crippen molar-refractivity contribution in [2.75, 3.05) is 19.6 Å². The van der Waals surface area contributed by atoms with Crippen LogP contribution in [0.4, 0.5) is 13.2 Å². The molecule has 21 heavy (non-hydrogen) atoms. The maximum Gasteiger partial charge on any atom is 0.393 e. The molecule has 120 valence electrons. The van der Waals surface area contributed by atoms with Crippen LogP contribution in [0.1, 0.15) is 28.3 Å². The summed E-state index contributed by atoms with van der Waals surface area (Å²) in [6.45, 7) is 0.516. The predicted molar refractivity (Wildman–Crippen MR) is 76.8 cm³/mol. The summed E-state index contributed by atoms with van der Waals surface area (Å²) in [6, 6.07) is 0. The Morgan fingerprint density at radius 1 is 1.52 bits per heavy atom. The summed E-state index contributed by atoms with van der Waals surface area (Å²) in [5.41, 5.74) is 5.62. The molecule has 1 amide bonds. The highest BCUT2D eigenvalue weighted by Gasteiger charge is 2.42. The van der Waals surface area contributed by atoms with Gasteiger partial charge in [-0.25, -0.2) is 4.98 Å². The molecular weight excluding hydrogens is 327 g/mol. The van der Waals surface area contributed by atoms with Crippen molar-refractivity contribution < 1.29 is 18.0 Å². The molecule has 0 spiro atoms. The fourth-order valence-corrected chi connectivity index (χ4v) is 3.03. The molecule has 1 aromatic heterocycles. The number of hydrogen-bond acceptors (Lipinski definition) is 4. The predicted octanol–water partition coefficient (Wildman–Crippen LogP) is 2.48. The smallest absolute Gasteiger partial charge is 0.337 e. The third-order valence-corrected chi connectivity index (χ3v) is 4.21. The minimum absolute atomic E-state index is 0. The molecule has 0 bridgehead atoms. The van der Waals surface area contributed by atoms with E-state index >= 15 is 0 Å². The fourth-order valence-electron chi connectivity index (χ4n) is 2.24. The zero-order chi connectivity index (χ0) is 14.8. The first-order chi connectivity index (χ1) is 9.41. The molecular formula is C12H17ClF3N3OS. The van der Waals surface area contributed by atoms with Gasteiger partial charge in [0.15, 0.2) is 0 Å². The summed E-state index contributed by atoms with van der Waals surface area (Å²) in [7, 11) is 0. The molecule has 1 aliphatic rings. The number of thiazole rings is 1. The van der Waals surface area contributed by atoms with E-state index < -0.39 is 18.0 Å². The number of carbonyl (C=O) groups excluding carboxylic acids is 1. The molecule has 2 N–H and O–H groups in total. The first kappa shape index (κ1) is 18.2. The van der Waals surface area contributed by atoms with Crippen LogP contribution in [-0.2, 0) is 6.42 Å². The molecule has 9 heteroatoms. The quantitative estimate of drug-likeness (QED) is 0.917. The second-order valence-electron chi connectivity index (χ2n) is 4.80. The van der Waals surface area contributed by atoms with Crippen molar-refractivity contribution in [1.82, 2.24) is 9.88 Å². The molecule has 1 fully saturated rings. The van der Waals surface area contributed by atoms with Gasteiger partial charge in [-0.2, -0.15) is 13.2 Å². The lowest BCUT2D eigenvalue weighted by Gasteiger charge is -2.33. The van der Waals surface area contributed by atoms with Gasteiger partial charge in [0.05, 0.1) is 10.9 Å². The topological polar surface area (TPSA) is 59.2 Å². The van der Waals surface area contributed by atoms with E-state index in [0.29, 0.717) is 25.9 Å². The Hall–Kier alpha value is -0.860. The molecule has 1 aromatic rings. The van der Waals surface area contributed by atoms with Crippen molar-refractivity contribution in [3.8, 4) is 0 Å². The minimum atomic E-state index is -4.24. The van der Waals surface area contributed by atoms with Crippen LogP contribution < -0.4 is 5.73 Å². The molecule has 1 unspecified atom stereocenters. The van der Waals surface area contributed by atoms with Crippen molar-refractivity contribution in [2.45, 2.75) is 25.4 Å². The molecule has 1 saturated heterocycles. The van der Waals surface area contributed by atoms with Crippen LogP contribution >= 0.6 is 23.7 Å². The SMILES string of the molecule is Cl.NCCc1nc(C(=O)N2CCCC(C(F)(F)F)C2)cs1. The van der Waals surface area contributed by atoms with Gasteiger partial charge < -0.3 is 10.6 Å². The van der Waals surface area contributed by atoms with E-state index in [9.17, 15) is 18.0 Å². The van der Waals surface area contributed by atoms with Crippen LogP contribution in [0.2, 0.25) is 0 Å². The number of hydrogen-bond donors (Lipinski definition) is 1. The van der Waals surface area contributed by atoms with Gasteiger partial charge in [0.1, 0.15) is 5.69 Å². The van der Waals surface area contributed by atoms with Crippen LogP contribution in [-0.4, -0.2) is 41.6 Å². The highest BCUT2D eigenvalue weighted by atomic mass is 35.5. The number of rotatable bonds is 3. The van der Waals surface area contributed by atoms with Gasteiger partial charge in [-0.1, -0.05) is 0 Å². The van der Waals surface area contributed by atoms with E-state index in [4.69, 9.17) is 5.73 Å². The Bertz CT molecular complexity index is 481. The monoisotopic (exact) mass is 343 g/mol. The summed E-state index contributed by atoms with van der Waals surface area (Å²) in [5.74, 6) is -1.85. The molecule has 1 atom stereocenters. The molecule has 2 heterocycles. The lowest BCUT2D eigenvalue weighted by molar-refractivity contribution is -0.184. The fraction of sp³-hybridized carbons (Fsp3) is 0.667. The summed E-state index contributed by atoms with van der Waals surface area (Å²) >= 11 is 1.31. The third-order valence-electron chi connectivity index (χ3n) is 3.30. The van der Waals surface area contributed by atoms with Crippen LogP contribution in [0.15, 0.2) is 5.38 Å². The molecule has 0 radical (unpaired) electrons. The third kappa shape index (κ3) is 4.55. The first-order valence-electron chi connectivity index (χ1n) is 6.42. The van der Waals surface area contributed by atoms with Crippen molar-refractivity contribution in [3.05, 3.63) is 16.1 Å². The van der Waals surface area contributed by atoms with Crippen molar-refractivity contribution in [1.29, 1.82) is 0 Å². The molecule has 0 aliphatic carbocycles. The van der Waals surface area contributed by atoms with Crippen LogP contribution in [0.3, 0.4) is 0 Å². The Labute approximate surface area is 130 Å². The average molecular weight is 344 g/mol. The van der Waals surface area contributed by atoms with Gasteiger partial charge in [0.25, 0.3) is 5.91 Å². The lowest BCUT2D eigenvalue weighted by atomic mass is 9.97. The zero-order valence-corrected chi connectivity index (χ0v) is 12.9. The van der Waals surface area contributed by atoms with Gasteiger partial charge in [-0.05, 0) is 19.4 Å². The van der Waals surface area contributed by atoms with Gasteiger partial charge >= 0.3 is 6.18 Å². The van der Waals surface area contributed by atoms with Crippen LogP contribution in [0.5, 0.6) is 0 Å². The number of amides is 1. The molecule has 0 aromatic carbocycles. The number of nitrogens with two attached hydrogens (primary N) is 1. The summed E-state index contributed by atoms with van der Waals surface area (Å²) in [5, 5.41) is 2.32. The lowest BCUT2D eigenvalue weighted by Crippen LogP contribution is -2.44. The minimum Gasteiger partial charge on any atom is -0.337 e. The van der Waals surface area contributed by atoms with E-state index in [1.165, 1.54) is 16.2 Å². The average Bonchev–Trinajstić information content (AvgIpc) is 2.86. The molecule has 1 aliphatic heterocycles. The van der Waals surface area contributed by atoms with Crippen LogP contribution in [0, 0.1) is 5.92 Å². The number of aromatic nitrogens is 1. The Balaban J connectivity index is 0.00000220. The number of piperidine rings is 1.